The number of benzene rings is 2. The van der Waals surface area contributed by atoms with Crippen molar-refractivity contribution in [1.82, 2.24) is 29.3 Å². The molecule has 2 aromatic carbocycles. The smallest absolute Gasteiger partial charge is 0.262 e. The largest absolute Gasteiger partial charge is 0.385 e. The number of aromatic nitrogens is 6. The summed E-state index contributed by atoms with van der Waals surface area (Å²) in [5.41, 5.74) is 1.47. The monoisotopic (exact) mass is 482 g/mol. The summed E-state index contributed by atoms with van der Waals surface area (Å²) >= 11 is 7.36. The van der Waals surface area contributed by atoms with Crippen LogP contribution in [0.25, 0.3) is 28.1 Å². The number of ether oxygens (including phenoxy) is 1. The molecule has 0 fully saturated rings. The average molecular weight is 483 g/mol. The Labute approximate surface area is 197 Å². The molecule has 3 heterocycles. The van der Waals surface area contributed by atoms with Crippen molar-refractivity contribution in [3.05, 3.63) is 69.8 Å². The lowest BCUT2D eigenvalue weighted by atomic mass is 10.2. The van der Waals surface area contributed by atoms with Crippen LogP contribution in [0, 0.1) is 0 Å². The normalized spacial score (nSPS) is 11.6. The predicted molar refractivity (Wildman–Crippen MR) is 126 cm³/mol. The van der Waals surface area contributed by atoms with Crippen LogP contribution >= 0.6 is 23.4 Å². The molecule has 5 aromatic rings. The van der Waals surface area contributed by atoms with Gasteiger partial charge < -0.3 is 9.26 Å². The first kappa shape index (κ1) is 21.6. The van der Waals surface area contributed by atoms with Crippen LogP contribution in [-0.2, 0) is 17.0 Å². The lowest BCUT2D eigenvalue weighted by Gasteiger charge is -2.10. The number of aryl methyl sites for hydroxylation is 1. The highest BCUT2D eigenvalue weighted by Crippen LogP contribution is 2.26. The number of methoxy groups -OCH3 is 1. The molecule has 0 amide bonds. The molecule has 0 aliphatic heterocycles. The van der Waals surface area contributed by atoms with Crippen molar-refractivity contribution in [3.8, 4) is 11.4 Å². The van der Waals surface area contributed by atoms with Crippen LogP contribution in [0.1, 0.15) is 12.3 Å². The van der Waals surface area contributed by atoms with Crippen molar-refractivity contribution in [2.75, 3.05) is 13.7 Å². The third-order valence-corrected chi connectivity index (χ3v) is 6.27. The third kappa shape index (κ3) is 4.24. The molecule has 11 heteroatoms. The van der Waals surface area contributed by atoms with Gasteiger partial charge in [0.2, 0.25) is 17.5 Å². The number of rotatable bonds is 8. The number of hydrogen-bond donors (Lipinski definition) is 0. The minimum absolute atomic E-state index is 0.0948. The highest BCUT2D eigenvalue weighted by Gasteiger charge is 2.18. The molecule has 0 aliphatic rings. The van der Waals surface area contributed by atoms with E-state index in [0.29, 0.717) is 58.4 Å². The minimum atomic E-state index is -0.0948. The molecule has 0 N–H and O–H groups in total. The van der Waals surface area contributed by atoms with Crippen molar-refractivity contribution in [2.24, 2.45) is 0 Å². The highest BCUT2D eigenvalue weighted by molar-refractivity contribution is 7.98. The lowest BCUT2D eigenvalue weighted by molar-refractivity contribution is 0.190. The Balaban J connectivity index is 1.47. The molecule has 0 spiro atoms. The van der Waals surface area contributed by atoms with Gasteiger partial charge in [-0.2, -0.15) is 4.98 Å². The minimum Gasteiger partial charge on any atom is -0.385 e. The maximum atomic E-state index is 13.1. The molecule has 168 valence electrons. The maximum absolute atomic E-state index is 13.1. The van der Waals surface area contributed by atoms with Gasteiger partial charge in [-0.3, -0.25) is 13.8 Å². The maximum Gasteiger partial charge on any atom is 0.262 e. The van der Waals surface area contributed by atoms with E-state index in [1.165, 1.54) is 11.8 Å². The van der Waals surface area contributed by atoms with Crippen molar-refractivity contribution >= 4 is 40.0 Å². The summed E-state index contributed by atoms with van der Waals surface area (Å²) in [4.78, 5) is 17.5. The summed E-state index contributed by atoms with van der Waals surface area (Å²) in [6, 6.07) is 14.7. The summed E-state index contributed by atoms with van der Waals surface area (Å²) in [5, 5.41) is 14.6. The molecule has 0 radical (unpaired) electrons. The quantitative estimate of drug-likeness (QED) is 0.241. The van der Waals surface area contributed by atoms with E-state index in [9.17, 15) is 4.79 Å². The Hall–Kier alpha value is -3.21. The van der Waals surface area contributed by atoms with Crippen LogP contribution in [0.15, 0.2) is 63.0 Å². The molecule has 0 unspecified atom stereocenters. The van der Waals surface area contributed by atoms with Crippen molar-refractivity contribution in [2.45, 2.75) is 23.9 Å². The third-order valence-electron chi connectivity index (χ3n) is 5.10. The number of para-hydroxylation sites is 1. The van der Waals surface area contributed by atoms with Gasteiger partial charge in [0.15, 0.2) is 5.16 Å². The van der Waals surface area contributed by atoms with Crippen LogP contribution in [0.2, 0.25) is 5.02 Å². The van der Waals surface area contributed by atoms with Gasteiger partial charge in [-0.1, -0.05) is 40.7 Å². The number of nitrogens with zero attached hydrogens (tertiary/aromatic N) is 6. The fraction of sp³-hybridized carbons (Fsp3) is 0.227. The van der Waals surface area contributed by atoms with Gasteiger partial charge in [0.05, 0.1) is 16.7 Å². The summed E-state index contributed by atoms with van der Waals surface area (Å²) in [6.45, 7) is 1.03. The SMILES string of the molecule is COCCCn1c(=O)c2ccccc2n2c(SCc3nc(-c4ccc(Cl)cc4)no3)nnc12. The molecule has 9 nitrogen and oxygen atoms in total. The van der Waals surface area contributed by atoms with E-state index in [4.69, 9.17) is 20.9 Å². The zero-order valence-corrected chi connectivity index (χ0v) is 19.2. The molecular weight excluding hydrogens is 464 g/mol. The predicted octanol–water partition coefficient (Wildman–Crippen LogP) is 4.08. The molecule has 0 saturated heterocycles. The van der Waals surface area contributed by atoms with Gasteiger partial charge in [-0.15, -0.1) is 10.2 Å². The lowest BCUT2D eigenvalue weighted by Crippen LogP contribution is -2.24. The summed E-state index contributed by atoms with van der Waals surface area (Å²) in [7, 11) is 1.64. The highest BCUT2D eigenvalue weighted by atomic mass is 35.5. The second-order valence-corrected chi connectivity index (χ2v) is 8.62. The van der Waals surface area contributed by atoms with Gasteiger partial charge in [-0.25, -0.2) is 0 Å². The van der Waals surface area contributed by atoms with E-state index in [-0.39, 0.29) is 5.56 Å². The molecule has 3 aromatic heterocycles. The van der Waals surface area contributed by atoms with E-state index < -0.39 is 0 Å². The van der Waals surface area contributed by atoms with E-state index >= 15 is 0 Å². The molecule has 0 bridgehead atoms. The van der Waals surface area contributed by atoms with Crippen LogP contribution in [0.5, 0.6) is 0 Å². The van der Waals surface area contributed by atoms with Gasteiger partial charge >= 0.3 is 0 Å². The van der Waals surface area contributed by atoms with Gasteiger partial charge in [0, 0.05) is 30.8 Å². The first-order chi connectivity index (χ1) is 16.2. The van der Waals surface area contributed by atoms with E-state index in [2.05, 4.69) is 20.3 Å². The summed E-state index contributed by atoms with van der Waals surface area (Å²) in [6.07, 6.45) is 0.690. The number of hydrogen-bond acceptors (Lipinski definition) is 8. The zero-order chi connectivity index (χ0) is 22.8. The zero-order valence-electron chi connectivity index (χ0n) is 17.6. The molecular formula is C22H19ClN6O3S. The average Bonchev–Trinajstić information content (AvgIpc) is 3.48. The molecule has 0 atom stereocenters. The first-order valence-electron chi connectivity index (χ1n) is 10.2. The first-order valence-corrected chi connectivity index (χ1v) is 11.6. The molecule has 5 rings (SSSR count). The number of fused-ring (bicyclic) bond motifs is 3. The second-order valence-electron chi connectivity index (χ2n) is 7.25. The van der Waals surface area contributed by atoms with Crippen LogP contribution in [-0.4, -0.2) is 43.0 Å². The summed E-state index contributed by atoms with van der Waals surface area (Å²) < 4.78 is 14.1. The van der Waals surface area contributed by atoms with Crippen LogP contribution in [0.3, 0.4) is 0 Å². The Morgan fingerprint density at radius 1 is 1.12 bits per heavy atom. The van der Waals surface area contributed by atoms with E-state index in [1.807, 2.05) is 40.8 Å². The Morgan fingerprint density at radius 2 is 1.94 bits per heavy atom. The Bertz CT molecular complexity index is 1480. The van der Waals surface area contributed by atoms with Crippen LogP contribution in [0.4, 0.5) is 0 Å². The van der Waals surface area contributed by atoms with E-state index in [0.717, 1.165) is 11.1 Å². The Kier molecular flexibility index (Phi) is 6.12. The summed E-state index contributed by atoms with van der Waals surface area (Å²) in [5.74, 6) is 1.84. The fourth-order valence-electron chi connectivity index (χ4n) is 3.55. The topological polar surface area (TPSA) is 100 Å². The van der Waals surface area contributed by atoms with Crippen molar-refractivity contribution in [1.29, 1.82) is 0 Å². The van der Waals surface area contributed by atoms with Crippen molar-refractivity contribution in [3.63, 3.8) is 0 Å². The standard InChI is InChI=1S/C22H19ClN6O3S/c1-31-12-4-11-28-20(30)16-5-2-3-6-17(16)29-21(28)25-26-22(29)33-13-18-24-19(27-32-18)14-7-9-15(23)10-8-14/h2-3,5-10H,4,11-13H2,1H3. The number of halogens is 1. The molecule has 0 saturated carbocycles. The van der Waals surface area contributed by atoms with E-state index in [1.54, 1.807) is 23.8 Å². The van der Waals surface area contributed by atoms with Crippen LogP contribution < -0.4 is 5.56 Å². The Morgan fingerprint density at radius 3 is 2.76 bits per heavy atom. The molecule has 0 aliphatic carbocycles. The van der Waals surface area contributed by atoms with Gasteiger partial charge in [0.25, 0.3) is 5.56 Å². The van der Waals surface area contributed by atoms with Gasteiger partial charge in [0.1, 0.15) is 0 Å². The second kappa shape index (κ2) is 9.34. The fourth-order valence-corrected chi connectivity index (χ4v) is 4.46. The molecule has 33 heavy (non-hydrogen) atoms. The number of thioether (sulfide) groups is 1. The van der Waals surface area contributed by atoms with Crippen molar-refractivity contribution < 1.29 is 9.26 Å². The van der Waals surface area contributed by atoms with Gasteiger partial charge in [-0.05, 0) is 42.8 Å².